The van der Waals surface area contributed by atoms with E-state index in [4.69, 9.17) is 14.5 Å². The van der Waals surface area contributed by atoms with Crippen molar-refractivity contribution in [2.75, 3.05) is 12.4 Å². The number of hydrogen-bond acceptors (Lipinski definition) is 3. The monoisotopic (exact) mass is 308 g/mol. The third kappa shape index (κ3) is 2.54. The third-order valence-electron chi connectivity index (χ3n) is 4.54. The van der Waals surface area contributed by atoms with Crippen LogP contribution < -0.4 is 10.1 Å². The number of ether oxygens (including phenoxy) is 2. The highest BCUT2D eigenvalue weighted by Gasteiger charge is 2.27. The summed E-state index contributed by atoms with van der Waals surface area (Å²) < 4.78 is 11.3. The summed E-state index contributed by atoms with van der Waals surface area (Å²) in [6, 6.07) is 13.2. The minimum Gasteiger partial charge on any atom is -0.496 e. The fraction of sp³-hybridized carbons (Fsp3) is 0.316. The molecule has 0 bridgehead atoms. The van der Waals surface area contributed by atoms with Crippen LogP contribution in [0.2, 0.25) is 0 Å². The molecule has 2 aromatic carbocycles. The molecular weight excluding hydrogens is 288 g/mol. The molecule has 1 heterocycles. The van der Waals surface area contributed by atoms with Gasteiger partial charge in [-0.05, 0) is 37.5 Å². The molecule has 0 saturated carbocycles. The van der Waals surface area contributed by atoms with Gasteiger partial charge in [0.05, 0.1) is 13.2 Å². The molecule has 2 aliphatic rings. The zero-order valence-electron chi connectivity index (χ0n) is 13.4. The van der Waals surface area contributed by atoms with Crippen LogP contribution in [0.4, 0.5) is 5.69 Å². The van der Waals surface area contributed by atoms with Crippen LogP contribution in [-0.2, 0) is 17.8 Å². The minimum atomic E-state index is 0.0932. The van der Waals surface area contributed by atoms with Crippen molar-refractivity contribution < 1.29 is 9.47 Å². The van der Waals surface area contributed by atoms with E-state index in [-0.39, 0.29) is 6.04 Å². The van der Waals surface area contributed by atoms with Gasteiger partial charge in [-0.25, -0.2) is 4.99 Å². The van der Waals surface area contributed by atoms with E-state index < -0.39 is 0 Å². The first-order valence-electron chi connectivity index (χ1n) is 7.97. The van der Waals surface area contributed by atoms with Crippen molar-refractivity contribution in [2.24, 2.45) is 4.99 Å². The average Bonchev–Trinajstić information content (AvgIpc) is 2.98. The number of anilines is 1. The molecule has 0 amide bonds. The molecule has 0 radical (unpaired) electrons. The first kappa shape index (κ1) is 14.1. The molecule has 1 unspecified atom stereocenters. The van der Waals surface area contributed by atoms with E-state index in [0.717, 1.165) is 24.3 Å². The van der Waals surface area contributed by atoms with Gasteiger partial charge in [-0.2, -0.15) is 0 Å². The summed E-state index contributed by atoms with van der Waals surface area (Å²) in [5, 5.41) is 3.31. The summed E-state index contributed by atoms with van der Waals surface area (Å²) in [4.78, 5) is 4.81. The van der Waals surface area contributed by atoms with Crippen LogP contribution in [0.1, 0.15) is 34.7 Å². The smallest absolute Gasteiger partial charge is 0.290 e. The summed E-state index contributed by atoms with van der Waals surface area (Å²) in [5.74, 6) is 0.918. The number of nitrogens with zero attached hydrogens (tertiary/aromatic N) is 1. The highest BCUT2D eigenvalue weighted by Crippen LogP contribution is 2.40. The van der Waals surface area contributed by atoms with Crippen molar-refractivity contribution in [3.05, 3.63) is 58.7 Å². The second kappa shape index (κ2) is 5.61. The van der Waals surface area contributed by atoms with Crippen LogP contribution in [0.5, 0.6) is 5.75 Å². The Bertz CT molecular complexity index is 783. The molecule has 118 valence electrons. The van der Waals surface area contributed by atoms with Crippen LogP contribution in [0, 0.1) is 6.92 Å². The van der Waals surface area contributed by atoms with Gasteiger partial charge in [-0.15, -0.1) is 0 Å². The van der Waals surface area contributed by atoms with Gasteiger partial charge in [0.15, 0.2) is 0 Å². The van der Waals surface area contributed by atoms with E-state index in [1.54, 1.807) is 7.11 Å². The summed E-state index contributed by atoms with van der Waals surface area (Å²) in [5.41, 5.74) is 6.02. The van der Waals surface area contributed by atoms with Crippen molar-refractivity contribution in [2.45, 2.75) is 32.4 Å². The zero-order valence-corrected chi connectivity index (χ0v) is 13.4. The molecule has 23 heavy (non-hydrogen) atoms. The number of hydrogen-bond donors (Lipinski definition) is 1. The molecule has 4 rings (SSSR count). The Labute approximate surface area is 136 Å². The van der Waals surface area contributed by atoms with E-state index in [9.17, 15) is 0 Å². The largest absolute Gasteiger partial charge is 0.496 e. The van der Waals surface area contributed by atoms with Crippen molar-refractivity contribution in [3.63, 3.8) is 0 Å². The molecule has 1 atom stereocenters. The van der Waals surface area contributed by atoms with Crippen molar-refractivity contribution >= 4 is 11.7 Å². The second-order valence-corrected chi connectivity index (χ2v) is 6.10. The molecule has 0 spiro atoms. The lowest BCUT2D eigenvalue weighted by Gasteiger charge is -2.22. The first-order chi connectivity index (χ1) is 11.2. The molecule has 1 aliphatic heterocycles. The molecule has 4 heteroatoms. The second-order valence-electron chi connectivity index (χ2n) is 6.10. The lowest BCUT2D eigenvalue weighted by atomic mass is 10.1. The van der Waals surface area contributed by atoms with E-state index in [1.807, 2.05) is 12.1 Å². The molecule has 0 aromatic heterocycles. The van der Waals surface area contributed by atoms with Gasteiger partial charge in [0.2, 0.25) is 0 Å². The number of rotatable bonds is 2. The fourth-order valence-electron chi connectivity index (χ4n) is 3.40. The molecule has 0 saturated heterocycles. The number of methoxy groups -OCH3 is 1. The molecule has 1 N–H and O–H groups in total. The lowest BCUT2D eigenvalue weighted by molar-refractivity contribution is 0.282. The zero-order chi connectivity index (χ0) is 15.8. The van der Waals surface area contributed by atoms with Crippen molar-refractivity contribution in [3.8, 4) is 5.75 Å². The van der Waals surface area contributed by atoms with Crippen LogP contribution >= 0.6 is 0 Å². The van der Waals surface area contributed by atoms with Gasteiger partial charge < -0.3 is 14.8 Å². The predicted octanol–water partition coefficient (Wildman–Crippen LogP) is 3.99. The number of benzene rings is 2. The minimum absolute atomic E-state index is 0.0932. The molecule has 4 nitrogen and oxygen atoms in total. The van der Waals surface area contributed by atoms with Crippen molar-refractivity contribution in [1.82, 2.24) is 0 Å². The normalized spacial score (nSPS) is 20.4. The number of aliphatic imine (C=N–C) groups is 1. The molecule has 2 aromatic rings. The van der Waals surface area contributed by atoms with Crippen molar-refractivity contribution in [1.29, 1.82) is 0 Å². The van der Waals surface area contributed by atoms with E-state index >= 15 is 0 Å². The van der Waals surface area contributed by atoms with E-state index in [2.05, 4.69) is 36.5 Å². The van der Waals surface area contributed by atoms with E-state index in [0.29, 0.717) is 12.6 Å². The Hall–Kier alpha value is -2.49. The Kier molecular flexibility index (Phi) is 3.45. The topological polar surface area (TPSA) is 42.8 Å². The average molecular weight is 308 g/mol. The predicted molar refractivity (Wildman–Crippen MR) is 91.1 cm³/mol. The Morgan fingerprint density at radius 2 is 2.13 bits per heavy atom. The van der Waals surface area contributed by atoms with Crippen LogP contribution in [0.25, 0.3) is 0 Å². The number of nitrogens with one attached hydrogen (secondary N) is 1. The quantitative estimate of drug-likeness (QED) is 0.912. The van der Waals surface area contributed by atoms with Crippen LogP contribution in [0.15, 0.2) is 41.4 Å². The number of amidine groups is 1. The number of fused-ring (bicyclic) bond motifs is 2. The Morgan fingerprint density at radius 3 is 3.00 bits per heavy atom. The maximum atomic E-state index is 5.81. The maximum absolute atomic E-state index is 5.81. The highest BCUT2D eigenvalue weighted by atomic mass is 16.5. The Balaban J connectivity index is 1.63. The summed E-state index contributed by atoms with van der Waals surface area (Å²) in [6.45, 7) is 2.65. The molecule has 1 aliphatic carbocycles. The first-order valence-corrected chi connectivity index (χ1v) is 7.97. The standard InChI is InChI=1S/C19H20N2O2/c1-12-6-8-15-14(10-12)11-23-19(20-15)21-16-9-7-13-4-3-5-17(22-2)18(13)16/h3-6,8,10,16H,7,9,11H2,1-2H3,(H,20,21). The summed E-state index contributed by atoms with van der Waals surface area (Å²) in [6.07, 6.45) is 2.02. The van der Waals surface area contributed by atoms with Gasteiger partial charge in [0.25, 0.3) is 6.02 Å². The van der Waals surface area contributed by atoms with Gasteiger partial charge in [-0.3, -0.25) is 0 Å². The third-order valence-corrected chi connectivity index (χ3v) is 4.54. The van der Waals surface area contributed by atoms with Gasteiger partial charge >= 0.3 is 0 Å². The molecular formula is C19H20N2O2. The summed E-state index contributed by atoms with van der Waals surface area (Å²) in [7, 11) is 1.71. The van der Waals surface area contributed by atoms with Crippen LogP contribution in [-0.4, -0.2) is 13.1 Å². The number of aryl methyl sites for hydroxylation is 2. The summed E-state index contributed by atoms with van der Waals surface area (Å²) >= 11 is 0. The lowest BCUT2D eigenvalue weighted by Crippen LogP contribution is -2.23. The maximum Gasteiger partial charge on any atom is 0.290 e. The SMILES string of the molecule is COc1cccc2c1C(N=C1Nc3ccc(C)cc3CO1)CC2. The van der Waals surface area contributed by atoms with E-state index in [1.165, 1.54) is 22.3 Å². The molecule has 0 fully saturated rings. The fourth-order valence-corrected chi connectivity index (χ4v) is 3.40. The Morgan fingerprint density at radius 1 is 1.22 bits per heavy atom. The van der Waals surface area contributed by atoms with Crippen LogP contribution in [0.3, 0.4) is 0 Å². The van der Waals surface area contributed by atoms with Gasteiger partial charge in [0.1, 0.15) is 12.4 Å². The highest BCUT2D eigenvalue weighted by molar-refractivity contribution is 5.91. The van der Waals surface area contributed by atoms with Gasteiger partial charge in [0, 0.05) is 16.8 Å². The van der Waals surface area contributed by atoms with Gasteiger partial charge in [-0.1, -0.05) is 29.8 Å².